The Bertz CT molecular complexity index is 299. The largest absolute Gasteiger partial charge is 0.216 e. The molecule has 0 aromatic carbocycles. The van der Waals surface area contributed by atoms with E-state index in [0.717, 1.165) is 5.82 Å². The van der Waals surface area contributed by atoms with E-state index in [0.29, 0.717) is 0 Å². The number of hydrogen-bond donors (Lipinski definition) is 0. The summed E-state index contributed by atoms with van der Waals surface area (Å²) in [6.07, 6.45) is 4.75. The molecule has 1 aromatic rings. The fourth-order valence-electron chi connectivity index (χ4n) is 0.798. The molecule has 0 N–H and O–H groups in total. The maximum Gasteiger partial charge on any atom is 0.211 e. The van der Waals surface area contributed by atoms with Crippen LogP contribution < -0.4 is 10.2 Å². The third-order valence-electron chi connectivity index (χ3n) is 1.30. The van der Waals surface area contributed by atoms with Gasteiger partial charge in [0.05, 0.1) is 5.11 Å². The monoisotopic (exact) mass is 150 g/mol. The van der Waals surface area contributed by atoms with Crippen LogP contribution in [0, 0.1) is 6.92 Å². The Morgan fingerprint density at radius 3 is 3.00 bits per heavy atom. The first-order chi connectivity index (χ1) is 5.38. The molecule has 0 atom stereocenters. The predicted molar refractivity (Wildman–Crippen MR) is 36.7 cm³/mol. The highest BCUT2D eigenvalue weighted by Gasteiger charge is 2.16. The molecular formula is C5H6N6+. The molecule has 0 amide bonds. The standard InChI is InChI=1S/C5H6N6/c1-5-6-4-8-11(5)10-3-2-7-9-10/h2-4H,1H3/q+1. The molecule has 0 saturated heterocycles. The molecule has 2 heterocycles. The first kappa shape index (κ1) is 6.02. The fraction of sp³-hybridized carbons (Fsp3) is 0.200. The van der Waals surface area contributed by atoms with E-state index < -0.39 is 0 Å². The Hall–Kier alpha value is -1.72. The molecular weight excluding hydrogens is 144 g/mol. The van der Waals surface area contributed by atoms with E-state index in [1.807, 2.05) is 6.92 Å². The van der Waals surface area contributed by atoms with Crippen molar-refractivity contribution in [1.29, 1.82) is 0 Å². The van der Waals surface area contributed by atoms with E-state index in [9.17, 15) is 0 Å². The summed E-state index contributed by atoms with van der Waals surface area (Å²) in [5, 5.41) is 12.8. The van der Waals surface area contributed by atoms with Crippen LogP contribution in [0.2, 0.25) is 0 Å². The van der Waals surface area contributed by atoms with E-state index in [1.54, 1.807) is 17.2 Å². The van der Waals surface area contributed by atoms with Gasteiger partial charge < -0.3 is 0 Å². The number of rotatable bonds is 1. The average Bonchev–Trinajstić information content (AvgIpc) is 2.55. The summed E-state index contributed by atoms with van der Waals surface area (Å²) in [6.45, 7) is 1.84. The van der Waals surface area contributed by atoms with Gasteiger partial charge in [-0.3, -0.25) is 0 Å². The third-order valence-corrected chi connectivity index (χ3v) is 1.30. The Morgan fingerprint density at radius 2 is 2.45 bits per heavy atom. The van der Waals surface area contributed by atoms with Crippen LogP contribution in [0.15, 0.2) is 24.0 Å². The van der Waals surface area contributed by atoms with Gasteiger partial charge in [-0.2, -0.15) is 0 Å². The molecule has 0 spiro atoms. The minimum atomic E-state index is 0.774. The van der Waals surface area contributed by atoms with Crippen LogP contribution in [0.1, 0.15) is 5.82 Å². The zero-order valence-electron chi connectivity index (χ0n) is 5.92. The summed E-state index contributed by atoms with van der Waals surface area (Å²) in [4.78, 5) is 5.48. The van der Waals surface area contributed by atoms with Crippen LogP contribution >= 0.6 is 0 Å². The van der Waals surface area contributed by atoms with E-state index in [-0.39, 0.29) is 0 Å². The van der Waals surface area contributed by atoms with Crippen LogP contribution in [0.5, 0.6) is 0 Å². The molecule has 0 bridgehead atoms. The van der Waals surface area contributed by atoms with Gasteiger partial charge in [0.2, 0.25) is 6.20 Å². The maximum atomic E-state index is 3.94. The van der Waals surface area contributed by atoms with Gasteiger partial charge in [0.15, 0.2) is 17.2 Å². The van der Waals surface area contributed by atoms with E-state index in [4.69, 9.17) is 0 Å². The second kappa shape index (κ2) is 2.15. The van der Waals surface area contributed by atoms with Gasteiger partial charge in [-0.25, -0.2) is 4.98 Å². The smallest absolute Gasteiger partial charge is 0.211 e. The quantitative estimate of drug-likeness (QED) is 0.552. The summed E-state index contributed by atoms with van der Waals surface area (Å²) in [7, 11) is 0. The molecule has 0 fully saturated rings. The van der Waals surface area contributed by atoms with Gasteiger partial charge in [-0.05, 0) is 12.0 Å². The van der Waals surface area contributed by atoms with Gasteiger partial charge in [-0.1, -0.05) is 4.79 Å². The van der Waals surface area contributed by atoms with Crippen LogP contribution in [0.4, 0.5) is 0 Å². The van der Waals surface area contributed by atoms with Gasteiger partial charge in [0.25, 0.3) is 0 Å². The summed E-state index contributed by atoms with van der Waals surface area (Å²) >= 11 is 0. The molecule has 6 nitrogen and oxygen atoms in total. The predicted octanol–water partition coefficient (Wildman–Crippen LogP) is -0.288. The third kappa shape index (κ3) is 0.878. The average molecular weight is 150 g/mol. The Labute approximate surface area is 62.8 Å². The first-order valence-electron chi connectivity index (χ1n) is 3.11. The zero-order chi connectivity index (χ0) is 7.68. The van der Waals surface area contributed by atoms with Gasteiger partial charge in [-0.15, -0.1) is 5.10 Å². The second-order valence-corrected chi connectivity index (χ2v) is 2.02. The Morgan fingerprint density at radius 1 is 1.55 bits per heavy atom. The number of hydrogen-bond acceptors (Lipinski definition) is 5. The summed E-state index contributed by atoms with van der Waals surface area (Å²) in [5.41, 5.74) is 0. The van der Waals surface area contributed by atoms with Crippen molar-refractivity contribution in [2.45, 2.75) is 6.92 Å². The molecule has 1 aromatic heterocycles. The van der Waals surface area contributed by atoms with Gasteiger partial charge in [0, 0.05) is 0 Å². The molecule has 55 valence electrons. The summed E-state index contributed by atoms with van der Waals surface area (Å²) in [6, 6.07) is 0. The number of nitrogens with zero attached hydrogens (tertiary/aromatic N) is 6. The SMILES string of the molecule is Cc1ncnn1N1C=C[N+]=N1. The number of aromatic nitrogens is 3. The molecule has 2 rings (SSSR count). The van der Waals surface area contributed by atoms with Gasteiger partial charge >= 0.3 is 0 Å². The highest BCUT2D eigenvalue weighted by molar-refractivity contribution is 5.00. The molecule has 1 aliphatic heterocycles. The van der Waals surface area contributed by atoms with Crippen molar-refractivity contribution >= 4 is 0 Å². The minimum absolute atomic E-state index is 0.774. The topological polar surface area (TPSA) is 60.4 Å². The van der Waals surface area contributed by atoms with Crippen LogP contribution in [0.3, 0.4) is 0 Å². The molecule has 1 radical (unpaired) electrons. The molecule has 1 aliphatic rings. The molecule has 0 aliphatic carbocycles. The van der Waals surface area contributed by atoms with E-state index in [2.05, 4.69) is 20.4 Å². The molecule has 11 heavy (non-hydrogen) atoms. The maximum absolute atomic E-state index is 3.94. The van der Waals surface area contributed by atoms with Crippen molar-refractivity contribution < 1.29 is 0 Å². The van der Waals surface area contributed by atoms with Crippen LogP contribution in [-0.2, 0) is 0 Å². The zero-order valence-corrected chi connectivity index (χ0v) is 5.92. The minimum Gasteiger partial charge on any atom is -0.216 e. The van der Waals surface area contributed by atoms with Crippen molar-refractivity contribution in [3.63, 3.8) is 0 Å². The molecule has 0 saturated carbocycles. The number of aryl methyl sites for hydroxylation is 1. The highest BCUT2D eigenvalue weighted by atomic mass is 15.8. The first-order valence-corrected chi connectivity index (χ1v) is 3.11. The van der Waals surface area contributed by atoms with E-state index >= 15 is 0 Å². The van der Waals surface area contributed by atoms with Gasteiger partial charge in [0.1, 0.15) is 6.33 Å². The van der Waals surface area contributed by atoms with Crippen molar-refractivity contribution in [1.82, 2.24) is 20.0 Å². The highest BCUT2D eigenvalue weighted by Crippen LogP contribution is 1.97. The molecule has 0 unspecified atom stereocenters. The Kier molecular flexibility index (Phi) is 1.18. The fourth-order valence-corrected chi connectivity index (χ4v) is 0.798. The van der Waals surface area contributed by atoms with Crippen molar-refractivity contribution in [3.05, 3.63) is 24.6 Å². The lowest BCUT2D eigenvalue weighted by Crippen LogP contribution is -2.23. The van der Waals surface area contributed by atoms with Crippen LogP contribution in [0.25, 0.3) is 0 Å². The second-order valence-electron chi connectivity index (χ2n) is 2.02. The summed E-state index contributed by atoms with van der Waals surface area (Å²) in [5.74, 6) is 0.774. The Balaban J connectivity index is 2.36. The lowest BCUT2D eigenvalue weighted by atomic mass is 10.7. The van der Waals surface area contributed by atoms with Crippen LogP contribution in [-0.4, -0.2) is 14.9 Å². The van der Waals surface area contributed by atoms with Crippen molar-refractivity contribution in [3.8, 4) is 0 Å². The van der Waals surface area contributed by atoms with Crippen molar-refractivity contribution in [2.75, 3.05) is 5.12 Å². The summed E-state index contributed by atoms with van der Waals surface area (Å²) < 4.78 is 0. The normalized spacial score (nSPS) is 14.8. The van der Waals surface area contributed by atoms with E-state index in [1.165, 1.54) is 11.4 Å². The lowest BCUT2D eigenvalue weighted by molar-refractivity contribution is 0.596. The van der Waals surface area contributed by atoms with Crippen molar-refractivity contribution in [2.24, 2.45) is 5.22 Å². The molecule has 6 heteroatoms. The lowest BCUT2D eigenvalue weighted by Gasteiger charge is -1.98.